The number of nitrogens with one attached hydrogen (secondary N) is 2. The molecule has 1 aromatic heterocycles. The number of benzene rings is 1. The molecule has 1 unspecified atom stereocenters. The Morgan fingerprint density at radius 3 is 2.95 bits per heavy atom. The van der Waals surface area contributed by atoms with E-state index in [0.717, 1.165) is 16.5 Å². The van der Waals surface area contributed by atoms with Crippen LogP contribution >= 0.6 is 0 Å². The lowest BCUT2D eigenvalue weighted by Crippen LogP contribution is -2.27. The Labute approximate surface area is 112 Å². The number of aromatic nitrogens is 1. The highest BCUT2D eigenvalue weighted by molar-refractivity contribution is 5.98. The molecule has 0 saturated heterocycles. The molecule has 4 heteroatoms. The van der Waals surface area contributed by atoms with Crippen LogP contribution in [0.4, 0.5) is 0 Å². The molecule has 2 rings (SSSR count). The molecule has 102 valence electrons. The molecule has 0 fully saturated rings. The third kappa shape index (κ3) is 3.35. The number of carbonyl (C=O) groups is 1. The number of carbonyl (C=O) groups excluding carboxylic acids is 1. The standard InChI is InChI=1S/C15H20N2O2/c1-3-12(18)6-7-16-15(19)14-9-11-5-4-10(2)8-13(11)17-14/h4-5,8-9,12,17-18H,3,6-7H2,1-2H3,(H,16,19). The van der Waals surface area contributed by atoms with Crippen molar-refractivity contribution in [2.45, 2.75) is 32.8 Å². The SMILES string of the molecule is CCC(O)CCNC(=O)c1cc2ccc(C)cc2[nH]1. The molecule has 1 heterocycles. The molecule has 0 aliphatic rings. The van der Waals surface area contributed by atoms with Gasteiger partial charge in [0.25, 0.3) is 5.91 Å². The zero-order valence-electron chi connectivity index (χ0n) is 11.4. The highest BCUT2D eigenvalue weighted by Crippen LogP contribution is 2.16. The van der Waals surface area contributed by atoms with Gasteiger partial charge in [-0.1, -0.05) is 19.1 Å². The summed E-state index contributed by atoms with van der Waals surface area (Å²) in [6, 6.07) is 7.89. The van der Waals surface area contributed by atoms with Gasteiger partial charge in [0.05, 0.1) is 6.10 Å². The van der Waals surface area contributed by atoms with Gasteiger partial charge in [-0.2, -0.15) is 0 Å². The van der Waals surface area contributed by atoms with Crippen molar-refractivity contribution < 1.29 is 9.90 Å². The molecule has 1 atom stereocenters. The van der Waals surface area contributed by atoms with Crippen molar-refractivity contribution in [2.24, 2.45) is 0 Å². The summed E-state index contributed by atoms with van der Waals surface area (Å²) in [7, 11) is 0. The number of H-pyrrole nitrogens is 1. The van der Waals surface area contributed by atoms with E-state index in [1.165, 1.54) is 0 Å². The average molecular weight is 260 g/mol. The molecular formula is C15H20N2O2. The van der Waals surface area contributed by atoms with Gasteiger partial charge in [-0.05, 0) is 37.5 Å². The fourth-order valence-corrected chi connectivity index (χ4v) is 2.01. The number of amides is 1. The molecule has 4 nitrogen and oxygen atoms in total. The first-order valence-electron chi connectivity index (χ1n) is 6.65. The third-order valence-corrected chi connectivity index (χ3v) is 3.26. The number of rotatable bonds is 5. The molecule has 1 amide bonds. The Balaban J connectivity index is 2.01. The van der Waals surface area contributed by atoms with Gasteiger partial charge in [0.2, 0.25) is 0 Å². The van der Waals surface area contributed by atoms with E-state index in [1.54, 1.807) is 0 Å². The summed E-state index contributed by atoms with van der Waals surface area (Å²) in [5.74, 6) is -0.128. The molecule has 19 heavy (non-hydrogen) atoms. The fourth-order valence-electron chi connectivity index (χ4n) is 2.01. The largest absolute Gasteiger partial charge is 0.393 e. The summed E-state index contributed by atoms with van der Waals surface area (Å²) in [5, 5.41) is 13.3. The number of fused-ring (bicyclic) bond motifs is 1. The normalized spacial score (nSPS) is 12.6. The minimum Gasteiger partial charge on any atom is -0.393 e. The maximum absolute atomic E-state index is 11.9. The van der Waals surface area contributed by atoms with Crippen LogP contribution in [-0.4, -0.2) is 28.6 Å². The number of aromatic amines is 1. The Morgan fingerprint density at radius 2 is 2.21 bits per heavy atom. The maximum atomic E-state index is 11.9. The second-order valence-corrected chi connectivity index (χ2v) is 4.88. The molecule has 1 aromatic carbocycles. The average Bonchev–Trinajstić information content (AvgIpc) is 2.81. The van der Waals surface area contributed by atoms with Crippen LogP contribution in [0.25, 0.3) is 10.9 Å². The van der Waals surface area contributed by atoms with Crippen molar-refractivity contribution in [3.8, 4) is 0 Å². The number of aryl methyl sites for hydroxylation is 1. The molecular weight excluding hydrogens is 240 g/mol. The van der Waals surface area contributed by atoms with E-state index in [-0.39, 0.29) is 12.0 Å². The van der Waals surface area contributed by atoms with Gasteiger partial charge in [-0.15, -0.1) is 0 Å². The van der Waals surface area contributed by atoms with Crippen LogP contribution in [0.1, 0.15) is 35.8 Å². The Kier molecular flexibility index (Phi) is 4.22. The first-order chi connectivity index (χ1) is 9.10. The molecule has 2 aromatic rings. The van der Waals surface area contributed by atoms with Crippen LogP contribution in [0.2, 0.25) is 0 Å². The highest BCUT2D eigenvalue weighted by Gasteiger charge is 2.09. The van der Waals surface area contributed by atoms with Crippen LogP contribution in [0.3, 0.4) is 0 Å². The number of aliphatic hydroxyl groups excluding tert-OH is 1. The molecule has 0 bridgehead atoms. The van der Waals surface area contributed by atoms with Gasteiger partial charge in [0, 0.05) is 17.4 Å². The molecule has 0 aliphatic heterocycles. The summed E-state index contributed by atoms with van der Waals surface area (Å²) in [6.45, 7) is 4.43. The van der Waals surface area contributed by atoms with E-state index < -0.39 is 0 Å². The molecule has 0 aliphatic carbocycles. The molecule has 0 spiro atoms. The van der Waals surface area contributed by atoms with Crippen LogP contribution < -0.4 is 5.32 Å². The minimum atomic E-state index is -0.342. The van der Waals surface area contributed by atoms with E-state index >= 15 is 0 Å². The van der Waals surface area contributed by atoms with Crippen molar-refractivity contribution >= 4 is 16.8 Å². The van der Waals surface area contributed by atoms with Crippen molar-refractivity contribution in [3.63, 3.8) is 0 Å². The summed E-state index contributed by atoms with van der Waals surface area (Å²) in [4.78, 5) is 15.1. The lowest BCUT2D eigenvalue weighted by Gasteiger charge is -2.07. The summed E-state index contributed by atoms with van der Waals surface area (Å²) >= 11 is 0. The zero-order valence-corrected chi connectivity index (χ0v) is 11.4. The smallest absolute Gasteiger partial charge is 0.267 e. The quantitative estimate of drug-likeness (QED) is 0.772. The summed E-state index contributed by atoms with van der Waals surface area (Å²) in [5.41, 5.74) is 2.69. The monoisotopic (exact) mass is 260 g/mol. The van der Waals surface area contributed by atoms with E-state index in [1.807, 2.05) is 38.1 Å². The van der Waals surface area contributed by atoms with Crippen LogP contribution in [-0.2, 0) is 0 Å². The van der Waals surface area contributed by atoms with Crippen molar-refractivity contribution in [1.82, 2.24) is 10.3 Å². The van der Waals surface area contributed by atoms with Gasteiger partial charge in [-0.3, -0.25) is 4.79 Å². The van der Waals surface area contributed by atoms with E-state index in [0.29, 0.717) is 25.1 Å². The number of hydrogen-bond donors (Lipinski definition) is 3. The fraction of sp³-hybridized carbons (Fsp3) is 0.400. The van der Waals surface area contributed by atoms with Crippen LogP contribution in [0.15, 0.2) is 24.3 Å². The van der Waals surface area contributed by atoms with Gasteiger partial charge in [0.1, 0.15) is 5.69 Å². The van der Waals surface area contributed by atoms with Crippen molar-refractivity contribution in [2.75, 3.05) is 6.54 Å². The first-order valence-corrected chi connectivity index (χ1v) is 6.65. The minimum absolute atomic E-state index is 0.128. The highest BCUT2D eigenvalue weighted by atomic mass is 16.3. The van der Waals surface area contributed by atoms with Gasteiger partial charge in [0.15, 0.2) is 0 Å². The van der Waals surface area contributed by atoms with E-state index in [4.69, 9.17) is 0 Å². The van der Waals surface area contributed by atoms with E-state index in [9.17, 15) is 9.90 Å². The summed E-state index contributed by atoms with van der Waals surface area (Å²) < 4.78 is 0. The number of hydrogen-bond acceptors (Lipinski definition) is 2. The Bertz CT molecular complexity index is 575. The number of aliphatic hydroxyl groups is 1. The maximum Gasteiger partial charge on any atom is 0.267 e. The van der Waals surface area contributed by atoms with Crippen LogP contribution in [0.5, 0.6) is 0 Å². The van der Waals surface area contributed by atoms with Crippen molar-refractivity contribution in [3.05, 3.63) is 35.5 Å². The molecule has 0 radical (unpaired) electrons. The van der Waals surface area contributed by atoms with Gasteiger partial charge < -0.3 is 15.4 Å². The van der Waals surface area contributed by atoms with Gasteiger partial charge in [-0.25, -0.2) is 0 Å². The van der Waals surface area contributed by atoms with E-state index in [2.05, 4.69) is 10.3 Å². The predicted molar refractivity (Wildman–Crippen MR) is 76.3 cm³/mol. The Hall–Kier alpha value is -1.81. The lowest BCUT2D eigenvalue weighted by molar-refractivity contribution is 0.0938. The third-order valence-electron chi connectivity index (χ3n) is 3.26. The Morgan fingerprint density at radius 1 is 1.42 bits per heavy atom. The zero-order chi connectivity index (χ0) is 13.8. The molecule has 3 N–H and O–H groups in total. The topological polar surface area (TPSA) is 65.1 Å². The lowest BCUT2D eigenvalue weighted by atomic mass is 10.2. The predicted octanol–water partition coefficient (Wildman–Crippen LogP) is 2.37. The van der Waals surface area contributed by atoms with Gasteiger partial charge >= 0.3 is 0 Å². The van der Waals surface area contributed by atoms with Crippen molar-refractivity contribution in [1.29, 1.82) is 0 Å². The van der Waals surface area contributed by atoms with Crippen LogP contribution in [0, 0.1) is 6.92 Å². The first kappa shape index (κ1) is 13.6. The summed E-state index contributed by atoms with van der Waals surface area (Å²) in [6.07, 6.45) is 0.953. The second-order valence-electron chi connectivity index (χ2n) is 4.88. The molecule has 0 saturated carbocycles. The second kappa shape index (κ2) is 5.89.